The molecule has 0 bridgehead atoms. The Balaban J connectivity index is 2.56. The van der Waals surface area contributed by atoms with E-state index in [1.807, 2.05) is 45.0 Å². The molecule has 0 spiro atoms. The van der Waals surface area contributed by atoms with Gasteiger partial charge in [-0.2, -0.15) is 0 Å². The Labute approximate surface area is 114 Å². The monoisotopic (exact) mass is 263 g/mol. The van der Waals surface area contributed by atoms with E-state index < -0.39 is 11.7 Å². The van der Waals surface area contributed by atoms with Gasteiger partial charge in [0.25, 0.3) is 0 Å². The van der Waals surface area contributed by atoms with Crippen LogP contribution < -0.4 is 5.32 Å². The maximum absolute atomic E-state index is 11.6. The van der Waals surface area contributed by atoms with Crippen molar-refractivity contribution in [1.29, 1.82) is 0 Å². The van der Waals surface area contributed by atoms with E-state index >= 15 is 0 Å². The number of carbonyl (C=O) groups is 2. The summed E-state index contributed by atoms with van der Waals surface area (Å²) in [5.74, 6) is 0. The lowest BCUT2D eigenvalue weighted by molar-refractivity contribution is -0.107. The summed E-state index contributed by atoms with van der Waals surface area (Å²) in [6.45, 7) is 5.47. The molecule has 0 radical (unpaired) electrons. The molecule has 0 atom stereocenters. The maximum atomic E-state index is 11.6. The van der Waals surface area contributed by atoms with Crippen molar-refractivity contribution in [2.75, 3.05) is 5.32 Å². The molecule has 0 aliphatic carbocycles. The molecule has 104 valence electrons. The van der Waals surface area contributed by atoms with Gasteiger partial charge in [0.05, 0.1) is 0 Å². The van der Waals surface area contributed by atoms with Crippen LogP contribution in [-0.2, 0) is 16.0 Å². The number of hydrogen-bond donors (Lipinski definition) is 1. The fourth-order valence-corrected chi connectivity index (χ4v) is 1.62. The molecule has 1 N–H and O–H groups in total. The minimum absolute atomic E-state index is 0.461. The van der Waals surface area contributed by atoms with E-state index in [2.05, 4.69) is 5.32 Å². The smallest absolute Gasteiger partial charge is 0.412 e. The van der Waals surface area contributed by atoms with E-state index in [0.717, 1.165) is 24.7 Å². The van der Waals surface area contributed by atoms with Crippen LogP contribution in [0.15, 0.2) is 24.3 Å². The Bertz CT molecular complexity index is 435. The van der Waals surface area contributed by atoms with Crippen LogP contribution in [0.25, 0.3) is 0 Å². The molecule has 0 aliphatic heterocycles. The third-order valence-electron chi connectivity index (χ3n) is 2.36. The second-order valence-corrected chi connectivity index (χ2v) is 5.39. The third kappa shape index (κ3) is 6.60. The second-order valence-electron chi connectivity index (χ2n) is 5.39. The molecular formula is C15H21NO3. The van der Waals surface area contributed by atoms with E-state index in [4.69, 9.17) is 4.74 Å². The summed E-state index contributed by atoms with van der Waals surface area (Å²) in [7, 11) is 0. The lowest BCUT2D eigenvalue weighted by Crippen LogP contribution is -2.27. The molecule has 0 fully saturated rings. The predicted octanol–water partition coefficient (Wildman–Crippen LogP) is 3.56. The number of hydrogen-bond acceptors (Lipinski definition) is 3. The van der Waals surface area contributed by atoms with Gasteiger partial charge >= 0.3 is 6.09 Å². The van der Waals surface area contributed by atoms with Crippen molar-refractivity contribution in [3.05, 3.63) is 29.8 Å². The van der Waals surface area contributed by atoms with Gasteiger partial charge in [-0.15, -0.1) is 0 Å². The highest BCUT2D eigenvalue weighted by Gasteiger charge is 2.16. The van der Waals surface area contributed by atoms with Crippen molar-refractivity contribution in [3.63, 3.8) is 0 Å². The Hall–Kier alpha value is -1.84. The van der Waals surface area contributed by atoms with Gasteiger partial charge in [0.15, 0.2) is 0 Å². The number of ether oxygens (including phenoxy) is 1. The first-order chi connectivity index (χ1) is 8.90. The van der Waals surface area contributed by atoms with E-state index in [0.29, 0.717) is 12.1 Å². The van der Waals surface area contributed by atoms with Gasteiger partial charge in [0.1, 0.15) is 11.9 Å². The zero-order valence-electron chi connectivity index (χ0n) is 11.7. The molecule has 1 amide bonds. The highest BCUT2D eigenvalue weighted by atomic mass is 16.6. The molecule has 0 heterocycles. The number of aryl methyl sites for hydroxylation is 1. The number of rotatable bonds is 5. The van der Waals surface area contributed by atoms with Crippen molar-refractivity contribution >= 4 is 18.1 Å². The topological polar surface area (TPSA) is 55.4 Å². The SMILES string of the molecule is CC(C)(C)OC(=O)Nc1cccc(CCCC=O)c1. The molecule has 1 rings (SSSR count). The quantitative estimate of drug-likeness (QED) is 0.653. The van der Waals surface area contributed by atoms with E-state index in [1.165, 1.54) is 0 Å². The molecule has 0 aliphatic rings. The standard InChI is InChI=1S/C15H21NO3/c1-15(2,3)19-14(18)16-13-9-6-8-12(11-13)7-4-5-10-17/h6,8-11H,4-5,7H2,1-3H3,(H,16,18). The van der Waals surface area contributed by atoms with Gasteiger partial charge in [0, 0.05) is 12.1 Å². The Morgan fingerprint density at radius 3 is 2.74 bits per heavy atom. The van der Waals surface area contributed by atoms with Crippen LogP contribution in [0.2, 0.25) is 0 Å². The average Bonchev–Trinajstić information content (AvgIpc) is 2.27. The first kappa shape index (κ1) is 15.2. The van der Waals surface area contributed by atoms with Gasteiger partial charge < -0.3 is 9.53 Å². The molecule has 0 saturated carbocycles. The first-order valence-electron chi connectivity index (χ1n) is 6.43. The average molecular weight is 263 g/mol. The largest absolute Gasteiger partial charge is 0.444 e. The molecule has 1 aromatic rings. The number of aldehydes is 1. The summed E-state index contributed by atoms with van der Waals surface area (Å²) in [4.78, 5) is 21.9. The summed E-state index contributed by atoms with van der Waals surface area (Å²) in [6, 6.07) is 7.57. The normalized spacial score (nSPS) is 10.9. The molecule has 0 unspecified atom stereocenters. The van der Waals surface area contributed by atoms with Crippen LogP contribution in [-0.4, -0.2) is 18.0 Å². The van der Waals surface area contributed by atoms with Crippen LogP contribution in [0.1, 0.15) is 39.2 Å². The van der Waals surface area contributed by atoms with Crippen LogP contribution in [0, 0.1) is 0 Å². The molecule has 0 aromatic heterocycles. The van der Waals surface area contributed by atoms with Crippen LogP contribution >= 0.6 is 0 Å². The summed E-state index contributed by atoms with van der Waals surface area (Å²) < 4.78 is 5.18. The van der Waals surface area contributed by atoms with Crippen LogP contribution in [0.3, 0.4) is 0 Å². The summed E-state index contributed by atoms with van der Waals surface area (Å²) in [5.41, 5.74) is 1.29. The fraction of sp³-hybridized carbons (Fsp3) is 0.467. The Kier molecular flexibility index (Phi) is 5.55. The first-order valence-corrected chi connectivity index (χ1v) is 6.43. The highest BCUT2D eigenvalue weighted by molar-refractivity contribution is 5.84. The van der Waals surface area contributed by atoms with Crippen LogP contribution in [0.5, 0.6) is 0 Å². The van der Waals surface area contributed by atoms with E-state index in [1.54, 1.807) is 0 Å². The number of carbonyl (C=O) groups excluding carboxylic acids is 2. The third-order valence-corrected chi connectivity index (χ3v) is 2.36. The number of nitrogens with one attached hydrogen (secondary N) is 1. The van der Waals surface area contributed by atoms with Crippen molar-refractivity contribution < 1.29 is 14.3 Å². The number of benzene rings is 1. The predicted molar refractivity (Wildman–Crippen MR) is 75.3 cm³/mol. The van der Waals surface area contributed by atoms with Gasteiger partial charge in [-0.1, -0.05) is 12.1 Å². The van der Waals surface area contributed by atoms with Crippen molar-refractivity contribution in [3.8, 4) is 0 Å². The maximum Gasteiger partial charge on any atom is 0.412 e. The van der Waals surface area contributed by atoms with Crippen molar-refractivity contribution in [2.45, 2.75) is 45.6 Å². The van der Waals surface area contributed by atoms with Crippen molar-refractivity contribution in [2.24, 2.45) is 0 Å². The van der Waals surface area contributed by atoms with Crippen LogP contribution in [0.4, 0.5) is 10.5 Å². The number of anilines is 1. The van der Waals surface area contributed by atoms with Gasteiger partial charge in [-0.3, -0.25) is 5.32 Å². The highest BCUT2D eigenvalue weighted by Crippen LogP contribution is 2.15. The molecule has 1 aromatic carbocycles. The molecule has 4 nitrogen and oxygen atoms in total. The van der Waals surface area contributed by atoms with Gasteiger partial charge in [-0.25, -0.2) is 4.79 Å². The van der Waals surface area contributed by atoms with Gasteiger partial charge in [0.2, 0.25) is 0 Å². The minimum atomic E-state index is -0.508. The lowest BCUT2D eigenvalue weighted by atomic mass is 10.1. The summed E-state index contributed by atoms with van der Waals surface area (Å²) in [6.07, 6.45) is 2.66. The zero-order chi connectivity index (χ0) is 14.3. The summed E-state index contributed by atoms with van der Waals surface area (Å²) >= 11 is 0. The molecule has 0 saturated heterocycles. The van der Waals surface area contributed by atoms with Crippen molar-refractivity contribution in [1.82, 2.24) is 0 Å². The zero-order valence-corrected chi connectivity index (χ0v) is 11.7. The Morgan fingerprint density at radius 2 is 2.11 bits per heavy atom. The lowest BCUT2D eigenvalue weighted by Gasteiger charge is -2.19. The molecule has 19 heavy (non-hydrogen) atoms. The summed E-state index contributed by atoms with van der Waals surface area (Å²) in [5, 5.41) is 2.70. The second kappa shape index (κ2) is 6.92. The number of unbranched alkanes of at least 4 members (excludes halogenated alkanes) is 1. The molecule has 4 heteroatoms. The minimum Gasteiger partial charge on any atom is -0.444 e. The fourth-order valence-electron chi connectivity index (χ4n) is 1.62. The van der Waals surface area contributed by atoms with Gasteiger partial charge in [-0.05, 0) is 51.3 Å². The van der Waals surface area contributed by atoms with E-state index in [9.17, 15) is 9.59 Å². The van der Waals surface area contributed by atoms with E-state index in [-0.39, 0.29) is 0 Å². The Morgan fingerprint density at radius 1 is 1.37 bits per heavy atom. The number of amides is 1. The molecular weight excluding hydrogens is 242 g/mol.